The molecule has 2 aromatic heterocycles. The molecule has 3 rings (SSSR count). The van der Waals surface area contributed by atoms with Crippen molar-refractivity contribution in [1.82, 2.24) is 19.9 Å². The number of hydrogen-bond acceptors (Lipinski definition) is 6. The molecule has 0 unspecified atom stereocenters. The Morgan fingerprint density at radius 2 is 2.19 bits per heavy atom. The van der Waals surface area contributed by atoms with Crippen LogP contribution in [0.25, 0.3) is 0 Å². The van der Waals surface area contributed by atoms with Gasteiger partial charge in [-0.25, -0.2) is 28.5 Å². The van der Waals surface area contributed by atoms with Crippen LogP contribution < -0.4 is 11.0 Å². The lowest BCUT2D eigenvalue weighted by molar-refractivity contribution is 0.157. The summed E-state index contributed by atoms with van der Waals surface area (Å²) in [7, 11) is 0. The van der Waals surface area contributed by atoms with Gasteiger partial charge < -0.3 is 10.3 Å². The highest BCUT2D eigenvalue weighted by atomic mass is 19.3. The Bertz CT molecular complexity index is 655. The van der Waals surface area contributed by atoms with Crippen LogP contribution in [0, 0.1) is 0 Å². The fourth-order valence-corrected chi connectivity index (χ4v) is 1.52. The van der Waals surface area contributed by atoms with Crippen LogP contribution in [0.15, 0.2) is 40.8 Å². The van der Waals surface area contributed by atoms with Crippen LogP contribution >= 0.6 is 0 Å². The monoisotopic (exact) mass is 294 g/mol. The van der Waals surface area contributed by atoms with Gasteiger partial charge in [0.1, 0.15) is 18.0 Å². The molecule has 1 aliphatic heterocycles. The Hall–Kier alpha value is -2.71. The fourth-order valence-electron chi connectivity index (χ4n) is 1.52. The Morgan fingerprint density at radius 1 is 1.33 bits per heavy atom. The molecular formula is C12H12F2N6O. The van der Waals surface area contributed by atoms with Gasteiger partial charge in [-0.05, 0) is 6.07 Å². The van der Waals surface area contributed by atoms with Crippen molar-refractivity contribution in [3.05, 3.63) is 47.0 Å². The summed E-state index contributed by atoms with van der Waals surface area (Å²) in [6.07, 6.45) is 3.23. The summed E-state index contributed by atoms with van der Waals surface area (Å²) in [6, 6.07) is 1.65. The molecule has 0 aliphatic carbocycles. The number of halogens is 2. The molecule has 0 saturated carbocycles. The van der Waals surface area contributed by atoms with Crippen LogP contribution in [0.3, 0.4) is 0 Å². The maximum absolute atomic E-state index is 12.0. The van der Waals surface area contributed by atoms with Crippen LogP contribution in [0.2, 0.25) is 0 Å². The molecule has 0 radical (unpaired) electrons. The van der Waals surface area contributed by atoms with Gasteiger partial charge in [-0.3, -0.25) is 4.99 Å². The molecule has 0 bridgehead atoms. The summed E-state index contributed by atoms with van der Waals surface area (Å²) in [5.41, 5.74) is 0.521. The summed E-state index contributed by atoms with van der Waals surface area (Å²) in [6.45, 7) is 0.366. The number of aromatic nitrogens is 4. The number of hydrogen-bond donors (Lipinski definition) is 2. The standard InChI is InChI=1S/C8H8F2N4.C4H4N2O/c9-6(10)1-7-12-3-5-2-11-4-13-8(5)14-7;7-4-5-2-1-3-6-4/h2,4,6H,1,3H2,(H,11,12,13,14);1-3H,(H,5,6,7). The third-order valence-corrected chi connectivity index (χ3v) is 2.42. The van der Waals surface area contributed by atoms with Gasteiger partial charge in [0.15, 0.2) is 0 Å². The summed E-state index contributed by atoms with van der Waals surface area (Å²) >= 11 is 0. The number of fused-ring (bicyclic) bond motifs is 1. The maximum atomic E-state index is 12.0. The highest BCUT2D eigenvalue weighted by Crippen LogP contribution is 2.17. The quantitative estimate of drug-likeness (QED) is 0.868. The van der Waals surface area contributed by atoms with Gasteiger partial charge in [0.05, 0.1) is 13.0 Å². The van der Waals surface area contributed by atoms with Gasteiger partial charge in [0.2, 0.25) is 6.43 Å². The minimum absolute atomic E-state index is 0.284. The molecule has 0 fully saturated rings. The number of alkyl halides is 2. The highest BCUT2D eigenvalue weighted by Gasteiger charge is 2.15. The van der Waals surface area contributed by atoms with E-state index >= 15 is 0 Å². The van der Waals surface area contributed by atoms with Crippen LogP contribution in [0.4, 0.5) is 14.6 Å². The smallest absolute Gasteiger partial charge is 0.328 e. The van der Waals surface area contributed by atoms with E-state index in [1.807, 2.05) is 0 Å². The zero-order valence-electron chi connectivity index (χ0n) is 10.8. The second-order valence-corrected chi connectivity index (χ2v) is 3.97. The SMILES string of the molecule is FC(F)CC1=NCc2cncnc2N1.O=c1nccc[nH]1. The summed E-state index contributed by atoms with van der Waals surface area (Å²) < 4.78 is 24.1. The number of nitrogens with one attached hydrogen (secondary N) is 2. The molecule has 0 saturated heterocycles. The van der Waals surface area contributed by atoms with Crippen molar-refractivity contribution in [3.8, 4) is 0 Å². The zero-order valence-corrected chi connectivity index (χ0v) is 10.8. The molecule has 1 aliphatic rings. The van der Waals surface area contributed by atoms with E-state index in [1.165, 1.54) is 18.7 Å². The molecule has 0 atom stereocenters. The van der Waals surface area contributed by atoms with Crippen LogP contribution in [0.1, 0.15) is 12.0 Å². The number of aromatic amines is 1. The van der Waals surface area contributed by atoms with E-state index in [-0.39, 0.29) is 17.9 Å². The third kappa shape index (κ3) is 4.71. The van der Waals surface area contributed by atoms with E-state index in [2.05, 4.69) is 30.2 Å². The molecule has 110 valence electrons. The topological polar surface area (TPSA) is 95.9 Å². The average molecular weight is 294 g/mol. The second-order valence-electron chi connectivity index (χ2n) is 3.97. The first-order valence-electron chi connectivity index (χ1n) is 6.02. The normalized spacial score (nSPS) is 12.6. The number of rotatable bonds is 2. The van der Waals surface area contributed by atoms with E-state index in [1.54, 1.807) is 12.3 Å². The van der Waals surface area contributed by atoms with E-state index in [0.717, 1.165) is 5.56 Å². The number of nitrogens with zero attached hydrogens (tertiary/aromatic N) is 4. The highest BCUT2D eigenvalue weighted by molar-refractivity contribution is 5.96. The minimum atomic E-state index is -2.38. The van der Waals surface area contributed by atoms with E-state index in [9.17, 15) is 13.6 Å². The number of amidine groups is 1. The van der Waals surface area contributed by atoms with Crippen molar-refractivity contribution in [2.45, 2.75) is 19.4 Å². The molecule has 0 aromatic carbocycles. The summed E-state index contributed by atoms with van der Waals surface area (Å²) in [4.78, 5) is 27.5. The van der Waals surface area contributed by atoms with Crippen LogP contribution in [-0.2, 0) is 6.54 Å². The molecule has 7 nitrogen and oxygen atoms in total. The van der Waals surface area contributed by atoms with Crippen molar-refractivity contribution >= 4 is 11.7 Å². The van der Waals surface area contributed by atoms with Crippen molar-refractivity contribution in [2.24, 2.45) is 4.99 Å². The summed E-state index contributed by atoms with van der Waals surface area (Å²) in [5, 5.41) is 2.75. The van der Waals surface area contributed by atoms with Crippen molar-refractivity contribution in [2.75, 3.05) is 5.32 Å². The van der Waals surface area contributed by atoms with Gasteiger partial charge in [-0.2, -0.15) is 0 Å². The molecule has 2 aromatic rings. The van der Waals surface area contributed by atoms with Gasteiger partial charge in [-0.15, -0.1) is 0 Å². The molecule has 2 N–H and O–H groups in total. The lowest BCUT2D eigenvalue weighted by Gasteiger charge is -2.16. The molecule has 3 heterocycles. The fraction of sp³-hybridized carbons (Fsp3) is 0.250. The Morgan fingerprint density at radius 3 is 2.81 bits per heavy atom. The lowest BCUT2D eigenvalue weighted by Crippen LogP contribution is -2.21. The van der Waals surface area contributed by atoms with E-state index in [4.69, 9.17) is 0 Å². The molecule has 0 amide bonds. The number of H-pyrrole nitrogens is 1. The Kier molecular flexibility index (Phi) is 5.02. The van der Waals surface area contributed by atoms with Crippen molar-refractivity contribution in [1.29, 1.82) is 0 Å². The van der Waals surface area contributed by atoms with Crippen LogP contribution in [0.5, 0.6) is 0 Å². The Labute approximate surface area is 118 Å². The zero-order chi connectivity index (χ0) is 15.1. The molecule has 21 heavy (non-hydrogen) atoms. The first-order chi connectivity index (χ1) is 10.1. The van der Waals surface area contributed by atoms with Crippen molar-refractivity contribution < 1.29 is 8.78 Å². The van der Waals surface area contributed by atoms with Gasteiger partial charge in [-0.1, -0.05) is 0 Å². The molecule has 0 spiro atoms. The first kappa shape index (κ1) is 14.7. The largest absolute Gasteiger partial charge is 0.344 e. The molecule has 9 heteroatoms. The van der Waals surface area contributed by atoms with Crippen LogP contribution in [-0.4, -0.2) is 32.2 Å². The van der Waals surface area contributed by atoms with Crippen molar-refractivity contribution in [3.63, 3.8) is 0 Å². The van der Waals surface area contributed by atoms with Gasteiger partial charge >= 0.3 is 5.69 Å². The number of aliphatic imine (C=N–C) groups is 1. The van der Waals surface area contributed by atoms with Gasteiger partial charge in [0.25, 0.3) is 0 Å². The molecular weight excluding hydrogens is 282 g/mol. The predicted octanol–water partition coefficient (Wildman–Crippen LogP) is 1.23. The van der Waals surface area contributed by atoms with E-state index < -0.39 is 6.43 Å². The predicted molar refractivity (Wildman–Crippen MR) is 72.3 cm³/mol. The van der Waals surface area contributed by atoms with E-state index in [0.29, 0.717) is 12.4 Å². The minimum Gasteiger partial charge on any atom is -0.328 e. The number of anilines is 1. The maximum Gasteiger partial charge on any atom is 0.344 e. The second kappa shape index (κ2) is 7.17. The lowest BCUT2D eigenvalue weighted by atomic mass is 10.2. The average Bonchev–Trinajstić information content (AvgIpc) is 2.48. The summed E-state index contributed by atoms with van der Waals surface area (Å²) in [5.74, 6) is 0.858. The van der Waals surface area contributed by atoms with Gasteiger partial charge in [0, 0.05) is 24.2 Å². The first-order valence-corrected chi connectivity index (χ1v) is 6.02. The Balaban J connectivity index is 0.000000194. The third-order valence-electron chi connectivity index (χ3n) is 2.42.